The standard InChI is InChI=1S/C15H28BrN3O/c1-6-13(7-2)18(9-10-20-5)11-14-15(16)12(4)17-19(14)8-3/h13H,6-11H2,1-5H3. The first-order chi connectivity index (χ1) is 9.58. The zero-order valence-electron chi connectivity index (χ0n) is 13.4. The number of ether oxygens (including phenoxy) is 1. The number of aromatic nitrogens is 2. The summed E-state index contributed by atoms with van der Waals surface area (Å²) in [7, 11) is 1.77. The van der Waals surface area contributed by atoms with Gasteiger partial charge in [0.25, 0.3) is 0 Å². The summed E-state index contributed by atoms with van der Waals surface area (Å²) in [6.45, 7) is 12.3. The topological polar surface area (TPSA) is 30.3 Å². The molecule has 0 aliphatic heterocycles. The van der Waals surface area contributed by atoms with Gasteiger partial charge in [0, 0.05) is 32.8 Å². The Kier molecular flexibility index (Phi) is 7.77. The van der Waals surface area contributed by atoms with Crippen LogP contribution in [0.3, 0.4) is 0 Å². The first kappa shape index (κ1) is 17.7. The fourth-order valence-corrected chi connectivity index (χ4v) is 3.03. The van der Waals surface area contributed by atoms with Crippen molar-refractivity contribution in [3.05, 3.63) is 15.9 Å². The molecule has 0 saturated carbocycles. The van der Waals surface area contributed by atoms with E-state index in [2.05, 4.69) is 58.3 Å². The Bertz CT molecular complexity index is 402. The summed E-state index contributed by atoms with van der Waals surface area (Å²) in [6.07, 6.45) is 2.33. The van der Waals surface area contributed by atoms with Gasteiger partial charge in [0.1, 0.15) is 0 Å². The van der Waals surface area contributed by atoms with E-state index >= 15 is 0 Å². The molecule has 1 aromatic rings. The minimum Gasteiger partial charge on any atom is -0.383 e. The number of rotatable bonds is 9. The van der Waals surface area contributed by atoms with Crippen LogP contribution in [0.4, 0.5) is 0 Å². The van der Waals surface area contributed by atoms with Gasteiger partial charge in [-0.1, -0.05) is 13.8 Å². The van der Waals surface area contributed by atoms with E-state index < -0.39 is 0 Å². The molecule has 0 bridgehead atoms. The quantitative estimate of drug-likeness (QED) is 0.684. The molecule has 0 radical (unpaired) electrons. The lowest BCUT2D eigenvalue weighted by Gasteiger charge is -2.30. The highest BCUT2D eigenvalue weighted by molar-refractivity contribution is 9.10. The van der Waals surface area contributed by atoms with Gasteiger partial charge >= 0.3 is 0 Å². The summed E-state index contributed by atoms with van der Waals surface area (Å²) >= 11 is 3.69. The van der Waals surface area contributed by atoms with E-state index in [-0.39, 0.29) is 0 Å². The monoisotopic (exact) mass is 345 g/mol. The Balaban J connectivity index is 2.93. The molecular formula is C15H28BrN3O. The zero-order chi connectivity index (χ0) is 15.1. The second-order valence-corrected chi connectivity index (χ2v) is 5.89. The van der Waals surface area contributed by atoms with Crippen LogP contribution in [-0.4, -0.2) is 41.0 Å². The molecule has 0 spiro atoms. The molecule has 0 aliphatic carbocycles. The minimum atomic E-state index is 0.595. The maximum Gasteiger partial charge on any atom is 0.0739 e. The van der Waals surface area contributed by atoms with Crippen LogP contribution in [0.2, 0.25) is 0 Å². The summed E-state index contributed by atoms with van der Waals surface area (Å²) in [4.78, 5) is 2.51. The summed E-state index contributed by atoms with van der Waals surface area (Å²) < 4.78 is 8.51. The average molecular weight is 346 g/mol. The summed E-state index contributed by atoms with van der Waals surface area (Å²) in [5, 5.41) is 4.58. The van der Waals surface area contributed by atoms with E-state index in [0.717, 1.165) is 49.2 Å². The van der Waals surface area contributed by atoms with Crippen LogP contribution in [0, 0.1) is 6.92 Å². The molecule has 0 fully saturated rings. The van der Waals surface area contributed by atoms with E-state index in [1.807, 2.05) is 0 Å². The molecule has 1 rings (SSSR count). The maximum absolute atomic E-state index is 5.27. The van der Waals surface area contributed by atoms with Crippen LogP contribution >= 0.6 is 15.9 Å². The summed E-state index contributed by atoms with van der Waals surface area (Å²) in [5.74, 6) is 0. The SMILES string of the molecule is CCC(CC)N(CCOC)Cc1c(Br)c(C)nn1CC. The van der Waals surface area contributed by atoms with Gasteiger partial charge in [-0.3, -0.25) is 9.58 Å². The van der Waals surface area contributed by atoms with Crippen molar-refractivity contribution < 1.29 is 4.74 Å². The van der Waals surface area contributed by atoms with Crippen molar-refractivity contribution in [3.63, 3.8) is 0 Å². The molecule has 20 heavy (non-hydrogen) atoms. The first-order valence-electron chi connectivity index (χ1n) is 7.53. The molecule has 5 heteroatoms. The van der Waals surface area contributed by atoms with E-state index in [1.54, 1.807) is 7.11 Å². The highest BCUT2D eigenvalue weighted by atomic mass is 79.9. The molecule has 1 aromatic heterocycles. The average Bonchev–Trinajstić information content (AvgIpc) is 2.73. The van der Waals surface area contributed by atoms with Gasteiger partial charge in [0.2, 0.25) is 0 Å². The molecule has 0 N–H and O–H groups in total. The molecule has 4 nitrogen and oxygen atoms in total. The summed E-state index contributed by atoms with van der Waals surface area (Å²) in [5.41, 5.74) is 2.34. The molecule has 116 valence electrons. The lowest BCUT2D eigenvalue weighted by Crippen LogP contribution is -2.37. The maximum atomic E-state index is 5.27. The molecule has 0 amide bonds. The molecule has 0 aromatic carbocycles. The van der Waals surface area contributed by atoms with Crippen LogP contribution in [0.5, 0.6) is 0 Å². The van der Waals surface area contributed by atoms with Crippen LogP contribution in [0.25, 0.3) is 0 Å². The fraction of sp³-hybridized carbons (Fsp3) is 0.800. The number of aryl methyl sites for hydroxylation is 2. The van der Waals surface area contributed by atoms with E-state index in [4.69, 9.17) is 4.74 Å². The largest absolute Gasteiger partial charge is 0.383 e. The highest BCUT2D eigenvalue weighted by Crippen LogP contribution is 2.24. The fourth-order valence-electron chi connectivity index (χ4n) is 2.62. The van der Waals surface area contributed by atoms with Crippen molar-refractivity contribution in [1.82, 2.24) is 14.7 Å². The molecule has 0 unspecified atom stereocenters. The van der Waals surface area contributed by atoms with E-state index in [9.17, 15) is 0 Å². The lowest BCUT2D eigenvalue weighted by molar-refractivity contribution is 0.107. The van der Waals surface area contributed by atoms with Gasteiger partial charge < -0.3 is 4.74 Å². The van der Waals surface area contributed by atoms with Gasteiger partial charge in [-0.15, -0.1) is 0 Å². The highest BCUT2D eigenvalue weighted by Gasteiger charge is 2.20. The van der Waals surface area contributed by atoms with Crippen molar-refractivity contribution in [2.75, 3.05) is 20.3 Å². The van der Waals surface area contributed by atoms with Crippen LogP contribution in [0.15, 0.2) is 4.47 Å². The van der Waals surface area contributed by atoms with Crippen molar-refractivity contribution in [2.24, 2.45) is 0 Å². The van der Waals surface area contributed by atoms with Crippen molar-refractivity contribution >= 4 is 15.9 Å². The van der Waals surface area contributed by atoms with Crippen LogP contribution in [-0.2, 0) is 17.8 Å². The lowest BCUT2D eigenvalue weighted by atomic mass is 10.1. The van der Waals surface area contributed by atoms with E-state index in [0.29, 0.717) is 6.04 Å². The van der Waals surface area contributed by atoms with Crippen LogP contribution < -0.4 is 0 Å². The third kappa shape index (κ3) is 4.30. The van der Waals surface area contributed by atoms with Crippen molar-refractivity contribution in [1.29, 1.82) is 0 Å². The smallest absolute Gasteiger partial charge is 0.0739 e. The molecule has 0 atom stereocenters. The van der Waals surface area contributed by atoms with Gasteiger partial charge in [-0.2, -0.15) is 5.10 Å². The van der Waals surface area contributed by atoms with Gasteiger partial charge in [0.15, 0.2) is 0 Å². The predicted molar refractivity (Wildman–Crippen MR) is 87.0 cm³/mol. The first-order valence-corrected chi connectivity index (χ1v) is 8.32. The van der Waals surface area contributed by atoms with Gasteiger partial charge in [-0.05, 0) is 42.6 Å². The second kappa shape index (κ2) is 8.80. The Labute approximate surface area is 131 Å². The summed E-state index contributed by atoms with van der Waals surface area (Å²) in [6, 6.07) is 0.595. The number of halogens is 1. The number of hydrogen-bond acceptors (Lipinski definition) is 3. The third-order valence-corrected chi connectivity index (χ3v) is 4.88. The number of hydrogen-bond donors (Lipinski definition) is 0. The molecule has 0 saturated heterocycles. The van der Waals surface area contributed by atoms with Crippen molar-refractivity contribution in [2.45, 2.75) is 59.7 Å². The Morgan fingerprint density at radius 1 is 1.30 bits per heavy atom. The van der Waals surface area contributed by atoms with Gasteiger partial charge in [0.05, 0.1) is 22.5 Å². The number of methoxy groups -OCH3 is 1. The molecule has 0 aliphatic rings. The number of nitrogens with zero attached hydrogens (tertiary/aromatic N) is 3. The van der Waals surface area contributed by atoms with Crippen LogP contribution in [0.1, 0.15) is 45.0 Å². The van der Waals surface area contributed by atoms with E-state index in [1.165, 1.54) is 5.69 Å². The Hall–Kier alpha value is -0.390. The zero-order valence-corrected chi connectivity index (χ0v) is 15.0. The third-order valence-electron chi connectivity index (χ3n) is 3.85. The Morgan fingerprint density at radius 2 is 1.95 bits per heavy atom. The van der Waals surface area contributed by atoms with Gasteiger partial charge in [-0.25, -0.2) is 0 Å². The Morgan fingerprint density at radius 3 is 2.45 bits per heavy atom. The van der Waals surface area contributed by atoms with Crippen molar-refractivity contribution in [3.8, 4) is 0 Å². The minimum absolute atomic E-state index is 0.595. The molecular weight excluding hydrogens is 318 g/mol. The predicted octanol–water partition coefficient (Wildman–Crippen LogP) is 3.61. The normalized spacial score (nSPS) is 11.8. The molecule has 1 heterocycles. The second-order valence-electron chi connectivity index (χ2n) is 5.10.